The van der Waals surface area contributed by atoms with E-state index in [1.807, 2.05) is 0 Å². The van der Waals surface area contributed by atoms with Gasteiger partial charge in [0.1, 0.15) is 0 Å². The van der Waals surface area contributed by atoms with Crippen molar-refractivity contribution in [3.63, 3.8) is 0 Å². The van der Waals surface area contributed by atoms with Gasteiger partial charge in [-0.1, -0.05) is 0 Å². The lowest BCUT2D eigenvalue weighted by molar-refractivity contribution is -0.163. The second-order valence-electron chi connectivity index (χ2n) is 2.88. The molecule has 0 aliphatic carbocycles. The molecule has 1 amide bonds. The molecule has 0 aromatic rings. The Hall–Kier alpha value is -0.820. The van der Waals surface area contributed by atoms with Crippen molar-refractivity contribution in [2.75, 3.05) is 13.1 Å². The minimum Gasteiger partial charge on any atom is -0.349 e. The Labute approximate surface area is 72.7 Å². The fourth-order valence-electron chi connectivity index (χ4n) is 0.830. The summed E-state index contributed by atoms with van der Waals surface area (Å²) in [5, 5.41) is 4.98. The standard InChI is InChI=1S/C6H10F3N3O/c7-6(8,9)4(10)5(13)12-3-1-11-2-3/h3-4,11H,1-2,10H2,(H,12,13). The van der Waals surface area contributed by atoms with E-state index in [4.69, 9.17) is 0 Å². The summed E-state index contributed by atoms with van der Waals surface area (Å²) >= 11 is 0. The number of carbonyl (C=O) groups excluding carboxylic acids is 1. The molecule has 0 spiro atoms. The van der Waals surface area contributed by atoms with E-state index >= 15 is 0 Å². The lowest BCUT2D eigenvalue weighted by Gasteiger charge is -2.29. The second-order valence-corrected chi connectivity index (χ2v) is 2.88. The van der Waals surface area contributed by atoms with E-state index in [2.05, 4.69) is 16.4 Å². The smallest absolute Gasteiger partial charge is 0.349 e. The molecule has 0 radical (unpaired) electrons. The lowest BCUT2D eigenvalue weighted by Crippen LogP contribution is -2.61. The summed E-state index contributed by atoms with van der Waals surface area (Å²) in [4.78, 5) is 10.8. The van der Waals surface area contributed by atoms with Crippen molar-refractivity contribution in [2.24, 2.45) is 5.73 Å². The SMILES string of the molecule is NC(C(=O)NC1CNC1)C(F)(F)F. The molecule has 7 heteroatoms. The van der Waals surface area contributed by atoms with Crippen LogP contribution in [0, 0.1) is 0 Å². The lowest BCUT2D eigenvalue weighted by atomic mass is 10.1. The van der Waals surface area contributed by atoms with Gasteiger partial charge in [0.05, 0.1) is 6.04 Å². The van der Waals surface area contributed by atoms with Gasteiger partial charge >= 0.3 is 6.18 Å². The zero-order chi connectivity index (χ0) is 10.1. The van der Waals surface area contributed by atoms with Crippen LogP contribution in [0.2, 0.25) is 0 Å². The highest BCUT2D eigenvalue weighted by Crippen LogP contribution is 2.18. The first kappa shape index (κ1) is 10.3. The third-order valence-corrected chi connectivity index (χ3v) is 1.76. The van der Waals surface area contributed by atoms with Gasteiger partial charge in [-0.3, -0.25) is 4.79 Å². The molecule has 4 N–H and O–H groups in total. The highest BCUT2D eigenvalue weighted by atomic mass is 19.4. The van der Waals surface area contributed by atoms with Crippen LogP contribution in [0.1, 0.15) is 0 Å². The van der Waals surface area contributed by atoms with Gasteiger partial charge in [0.25, 0.3) is 0 Å². The maximum absolute atomic E-state index is 11.9. The van der Waals surface area contributed by atoms with Gasteiger partial charge in [0, 0.05) is 13.1 Å². The van der Waals surface area contributed by atoms with Crippen LogP contribution in [0.25, 0.3) is 0 Å². The minimum absolute atomic E-state index is 0.221. The average molecular weight is 197 g/mol. The van der Waals surface area contributed by atoms with Crippen LogP contribution in [-0.2, 0) is 4.79 Å². The summed E-state index contributed by atoms with van der Waals surface area (Å²) in [6.07, 6.45) is -4.67. The first-order valence-corrected chi connectivity index (χ1v) is 3.74. The second kappa shape index (κ2) is 3.51. The van der Waals surface area contributed by atoms with E-state index < -0.39 is 18.1 Å². The zero-order valence-corrected chi connectivity index (χ0v) is 6.69. The molecular weight excluding hydrogens is 187 g/mol. The van der Waals surface area contributed by atoms with E-state index in [9.17, 15) is 18.0 Å². The van der Waals surface area contributed by atoms with Crippen LogP contribution in [0.5, 0.6) is 0 Å². The van der Waals surface area contributed by atoms with Gasteiger partial charge in [-0.2, -0.15) is 13.2 Å². The molecule has 1 rings (SSSR count). The maximum atomic E-state index is 11.9. The van der Waals surface area contributed by atoms with Crippen LogP contribution in [0.4, 0.5) is 13.2 Å². The molecule has 1 aliphatic heterocycles. The molecule has 76 valence electrons. The van der Waals surface area contributed by atoms with Crippen LogP contribution >= 0.6 is 0 Å². The van der Waals surface area contributed by atoms with E-state index in [0.29, 0.717) is 13.1 Å². The summed E-state index contributed by atoms with van der Waals surface area (Å²) in [5.41, 5.74) is 4.66. The average Bonchev–Trinajstić information content (AvgIpc) is 1.93. The Bertz CT molecular complexity index is 202. The fraction of sp³-hybridized carbons (Fsp3) is 0.833. The number of nitrogens with two attached hydrogens (primary N) is 1. The Morgan fingerprint density at radius 3 is 2.38 bits per heavy atom. The van der Waals surface area contributed by atoms with Gasteiger partial charge < -0.3 is 16.4 Å². The number of carbonyl (C=O) groups is 1. The van der Waals surface area contributed by atoms with Crippen molar-refractivity contribution in [3.8, 4) is 0 Å². The van der Waals surface area contributed by atoms with E-state index in [1.165, 1.54) is 0 Å². The van der Waals surface area contributed by atoms with Crippen LogP contribution in [0.3, 0.4) is 0 Å². The van der Waals surface area contributed by atoms with Crippen LogP contribution < -0.4 is 16.4 Å². The molecule has 1 unspecified atom stereocenters. The largest absolute Gasteiger partial charge is 0.412 e. The van der Waals surface area contributed by atoms with Crippen LogP contribution in [-0.4, -0.2) is 37.3 Å². The number of alkyl halides is 3. The zero-order valence-electron chi connectivity index (χ0n) is 6.69. The van der Waals surface area contributed by atoms with Crippen molar-refractivity contribution in [1.29, 1.82) is 0 Å². The molecule has 0 aromatic heterocycles. The molecule has 0 bridgehead atoms. The third kappa shape index (κ3) is 2.56. The molecular formula is C6H10F3N3O. The summed E-state index contributed by atoms with van der Waals surface area (Å²) in [5.74, 6) is -1.17. The monoisotopic (exact) mass is 197 g/mol. The highest BCUT2D eigenvalue weighted by molar-refractivity contribution is 5.82. The summed E-state index contributed by atoms with van der Waals surface area (Å²) in [6, 6.07) is -2.64. The molecule has 1 saturated heterocycles. The van der Waals surface area contributed by atoms with Gasteiger partial charge in [-0.15, -0.1) is 0 Å². The van der Waals surface area contributed by atoms with Gasteiger partial charge in [0.15, 0.2) is 6.04 Å². The number of amides is 1. The Kier molecular flexibility index (Phi) is 2.77. The summed E-state index contributed by atoms with van der Waals surface area (Å²) in [6.45, 7) is 0.993. The Balaban J connectivity index is 2.37. The normalized spacial score (nSPS) is 20.6. The minimum atomic E-state index is -4.67. The molecule has 1 atom stereocenters. The first-order chi connectivity index (χ1) is 5.91. The third-order valence-electron chi connectivity index (χ3n) is 1.76. The van der Waals surface area contributed by atoms with Gasteiger partial charge in [-0.05, 0) is 0 Å². The number of hydrogen-bond acceptors (Lipinski definition) is 3. The molecule has 1 heterocycles. The maximum Gasteiger partial charge on any atom is 0.412 e. The fourth-order valence-corrected chi connectivity index (χ4v) is 0.830. The van der Waals surface area contributed by atoms with Gasteiger partial charge in [-0.25, -0.2) is 0 Å². The number of hydrogen-bond donors (Lipinski definition) is 3. The molecule has 1 fully saturated rings. The predicted molar refractivity (Wildman–Crippen MR) is 38.8 cm³/mol. The van der Waals surface area contributed by atoms with Crippen molar-refractivity contribution in [1.82, 2.24) is 10.6 Å². The summed E-state index contributed by atoms with van der Waals surface area (Å²) in [7, 11) is 0. The predicted octanol–water partition coefficient (Wildman–Crippen LogP) is -1.04. The van der Waals surface area contributed by atoms with Crippen molar-refractivity contribution < 1.29 is 18.0 Å². The first-order valence-electron chi connectivity index (χ1n) is 3.74. The Morgan fingerprint density at radius 2 is 2.08 bits per heavy atom. The molecule has 13 heavy (non-hydrogen) atoms. The van der Waals surface area contributed by atoms with E-state index in [-0.39, 0.29) is 6.04 Å². The molecule has 4 nitrogen and oxygen atoms in total. The Morgan fingerprint density at radius 1 is 1.54 bits per heavy atom. The highest BCUT2D eigenvalue weighted by Gasteiger charge is 2.42. The topological polar surface area (TPSA) is 67.2 Å². The van der Waals surface area contributed by atoms with E-state index in [1.54, 1.807) is 0 Å². The van der Waals surface area contributed by atoms with Crippen molar-refractivity contribution in [2.45, 2.75) is 18.3 Å². The van der Waals surface area contributed by atoms with Crippen molar-refractivity contribution in [3.05, 3.63) is 0 Å². The number of nitrogens with one attached hydrogen (secondary N) is 2. The van der Waals surface area contributed by atoms with Gasteiger partial charge in [0.2, 0.25) is 5.91 Å². The molecule has 0 aromatic carbocycles. The quantitative estimate of drug-likeness (QED) is 0.530. The number of halogens is 3. The van der Waals surface area contributed by atoms with Crippen molar-refractivity contribution >= 4 is 5.91 Å². The summed E-state index contributed by atoms with van der Waals surface area (Å²) < 4.78 is 35.6. The van der Waals surface area contributed by atoms with Crippen LogP contribution in [0.15, 0.2) is 0 Å². The van der Waals surface area contributed by atoms with E-state index in [0.717, 1.165) is 0 Å². The molecule has 1 aliphatic rings. The molecule has 0 saturated carbocycles. The number of rotatable bonds is 2.